The highest BCUT2D eigenvalue weighted by Gasteiger charge is 1.96. The van der Waals surface area contributed by atoms with Gasteiger partial charge in [0.05, 0.1) is 0 Å². The van der Waals surface area contributed by atoms with E-state index >= 15 is 0 Å². The van der Waals surface area contributed by atoms with Gasteiger partial charge >= 0.3 is 5.97 Å². The summed E-state index contributed by atoms with van der Waals surface area (Å²) in [7, 11) is 0. The second-order valence-electron chi connectivity index (χ2n) is 2.39. The average Bonchev–Trinajstić information content (AvgIpc) is 2.61. The lowest BCUT2D eigenvalue weighted by molar-refractivity contribution is -0.227. The molecule has 0 atom stereocenters. The molecule has 1 aromatic rings. The third kappa shape index (κ3) is 2.72. The summed E-state index contributed by atoms with van der Waals surface area (Å²) in [4.78, 5) is 20.8. The van der Waals surface area contributed by atoms with Crippen molar-refractivity contribution in [3.05, 3.63) is 23.8 Å². The van der Waals surface area contributed by atoms with Gasteiger partial charge in [-0.05, 0) is 12.5 Å². The molecule has 0 aromatic carbocycles. The summed E-state index contributed by atoms with van der Waals surface area (Å²) in [6, 6.07) is 0. The molecular formula is C8H10N2O3. The van der Waals surface area contributed by atoms with Gasteiger partial charge in [-0.1, -0.05) is 6.92 Å². The third-order valence-corrected chi connectivity index (χ3v) is 1.50. The number of hydrogen-bond donors (Lipinski definition) is 2. The van der Waals surface area contributed by atoms with Crippen molar-refractivity contribution >= 4 is 12.0 Å². The van der Waals surface area contributed by atoms with Gasteiger partial charge in [-0.2, -0.15) is 5.26 Å². The Bertz CT molecular complexity index is 317. The van der Waals surface area contributed by atoms with Crippen LogP contribution in [0.3, 0.4) is 0 Å². The first-order chi connectivity index (χ1) is 6.26. The van der Waals surface area contributed by atoms with Crippen molar-refractivity contribution in [2.45, 2.75) is 13.3 Å². The van der Waals surface area contributed by atoms with Crippen LogP contribution >= 0.6 is 0 Å². The highest BCUT2D eigenvalue weighted by atomic mass is 17.1. The summed E-state index contributed by atoms with van der Waals surface area (Å²) in [6.07, 6.45) is 5.05. The maximum atomic E-state index is 10.5. The molecule has 0 amide bonds. The van der Waals surface area contributed by atoms with Crippen LogP contribution in [0, 0.1) is 0 Å². The lowest BCUT2D eigenvalue weighted by Crippen LogP contribution is -1.94. The van der Waals surface area contributed by atoms with Gasteiger partial charge in [0.2, 0.25) is 0 Å². The van der Waals surface area contributed by atoms with E-state index in [0.29, 0.717) is 5.82 Å². The van der Waals surface area contributed by atoms with Crippen LogP contribution < -0.4 is 0 Å². The standard InChI is InChI=1S/C8H10N2O3/c1-2-6-5-9-7(10-6)3-4-8(11)13-12/h3-5,12H,2H2,1H3,(H,9,10). The molecule has 2 N–H and O–H groups in total. The van der Waals surface area contributed by atoms with Crippen molar-refractivity contribution in [3.8, 4) is 0 Å². The molecule has 5 nitrogen and oxygen atoms in total. The monoisotopic (exact) mass is 182 g/mol. The summed E-state index contributed by atoms with van der Waals surface area (Å²) in [5.74, 6) is -0.267. The van der Waals surface area contributed by atoms with Gasteiger partial charge in [-0.25, -0.2) is 9.78 Å². The highest BCUT2D eigenvalue weighted by molar-refractivity contribution is 5.85. The summed E-state index contributed by atoms with van der Waals surface area (Å²) in [6.45, 7) is 1.99. The number of imidazole rings is 1. The maximum Gasteiger partial charge on any atom is 0.365 e. The van der Waals surface area contributed by atoms with Gasteiger partial charge in [0.1, 0.15) is 5.82 Å². The molecule has 0 aliphatic carbocycles. The Labute approximate surface area is 75.0 Å². The first-order valence-corrected chi connectivity index (χ1v) is 3.83. The van der Waals surface area contributed by atoms with E-state index in [-0.39, 0.29) is 0 Å². The van der Waals surface area contributed by atoms with Crippen LogP contribution in [-0.2, 0) is 16.1 Å². The van der Waals surface area contributed by atoms with Crippen molar-refractivity contribution in [1.82, 2.24) is 9.97 Å². The number of aromatic nitrogens is 2. The molecule has 0 unspecified atom stereocenters. The zero-order valence-electron chi connectivity index (χ0n) is 7.15. The Hall–Kier alpha value is -1.62. The zero-order valence-corrected chi connectivity index (χ0v) is 7.15. The number of nitrogens with one attached hydrogen (secondary N) is 1. The van der Waals surface area contributed by atoms with Gasteiger partial charge in [-0.15, -0.1) is 0 Å². The molecule has 1 rings (SSSR count). The molecule has 0 saturated carbocycles. The van der Waals surface area contributed by atoms with E-state index in [9.17, 15) is 4.79 Å². The van der Waals surface area contributed by atoms with Crippen LogP contribution in [0.25, 0.3) is 6.08 Å². The molecule has 0 aliphatic rings. The lowest BCUT2D eigenvalue weighted by Gasteiger charge is -1.86. The van der Waals surface area contributed by atoms with Crippen molar-refractivity contribution in [3.63, 3.8) is 0 Å². The first kappa shape index (κ1) is 9.47. The number of H-pyrrole nitrogens is 1. The Morgan fingerprint density at radius 1 is 1.85 bits per heavy atom. The molecule has 0 aliphatic heterocycles. The predicted octanol–water partition coefficient (Wildman–Crippen LogP) is 1.00. The van der Waals surface area contributed by atoms with E-state index in [1.54, 1.807) is 6.20 Å². The Kier molecular flexibility index (Phi) is 3.22. The minimum Gasteiger partial charge on any atom is -0.342 e. The van der Waals surface area contributed by atoms with Crippen molar-refractivity contribution in [2.24, 2.45) is 0 Å². The molecule has 0 radical (unpaired) electrons. The zero-order chi connectivity index (χ0) is 9.68. The van der Waals surface area contributed by atoms with Crippen LogP contribution in [0.1, 0.15) is 18.4 Å². The largest absolute Gasteiger partial charge is 0.365 e. The van der Waals surface area contributed by atoms with Gasteiger partial charge in [-0.3, -0.25) is 4.89 Å². The number of carbonyl (C=O) groups is 1. The topological polar surface area (TPSA) is 75.2 Å². The Balaban J connectivity index is 2.63. The molecular weight excluding hydrogens is 172 g/mol. The third-order valence-electron chi connectivity index (χ3n) is 1.50. The smallest absolute Gasteiger partial charge is 0.342 e. The van der Waals surface area contributed by atoms with Gasteiger partial charge in [0, 0.05) is 18.0 Å². The Morgan fingerprint density at radius 3 is 3.15 bits per heavy atom. The van der Waals surface area contributed by atoms with Crippen LogP contribution in [0.5, 0.6) is 0 Å². The van der Waals surface area contributed by atoms with Crippen LogP contribution in [0.4, 0.5) is 0 Å². The van der Waals surface area contributed by atoms with Crippen molar-refractivity contribution < 1.29 is 14.9 Å². The molecule has 0 bridgehead atoms. The van der Waals surface area contributed by atoms with E-state index in [1.807, 2.05) is 6.92 Å². The quantitative estimate of drug-likeness (QED) is 0.415. The van der Waals surface area contributed by atoms with Gasteiger partial charge in [0.25, 0.3) is 0 Å². The normalized spacial score (nSPS) is 10.6. The van der Waals surface area contributed by atoms with Crippen LogP contribution in [0.2, 0.25) is 0 Å². The Morgan fingerprint density at radius 2 is 2.62 bits per heavy atom. The molecule has 1 heterocycles. The fraction of sp³-hybridized carbons (Fsp3) is 0.250. The number of hydrogen-bond acceptors (Lipinski definition) is 4. The molecule has 5 heteroatoms. The van der Waals surface area contributed by atoms with Crippen LogP contribution in [-0.4, -0.2) is 21.2 Å². The second-order valence-corrected chi connectivity index (χ2v) is 2.39. The molecule has 70 valence electrons. The number of carbonyl (C=O) groups excluding carboxylic acids is 1. The lowest BCUT2D eigenvalue weighted by atomic mass is 10.4. The molecule has 0 spiro atoms. The summed E-state index contributed by atoms with van der Waals surface area (Å²) in [5.41, 5.74) is 0.983. The summed E-state index contributed by atoms with van der Waals surface area (Å²) in [5, 5.41) is 7.93. The SMILES string of the molecule is CCc1cnc(C=CC(=O)OO)[nH]1. The van der Waals surface area contributed by atoms with Crippen molar-refractivity contribution in [2.75, 3.05) is 0 Å². The molecule has 0 fully saturated rings. The maximum absolute atomic E-state index is 10.5. The minimum absolute atomic E-state index is 0.558. The number of rotatable bonds is 3. The minimum atomic E-state index is -0.825. The molecule has 0 saturated heterocycles. The first-order valence-electron chi connectivity index (χ1n) is 3.83. The van der Waals surface area contributed by atoms with E-state index in [0.717, 1.165) is 18.2 Å². The van der Waals surface area contributed by atoms with Gasteiger partial charge < -0.3 is 4.98 Å². The average molecular weight is 182 g/mol. The van der Waals surface area contributed by atoms with E-state index in [1.165, 1.54) is 6.08 Å². The van der Waals surface area contributed by atoms with Gasteiger partial charge in [0.15, 0.2) is 0 Å². The molecule has 1 aromatic heterocycles. The van der Waals surface area contributed by atoms with E-state index < -0.39 is 5.97 Å². The van der Waals surface area contributed by atoms with E-state index in [4.69, 9.17) is 5.26 Å². The fourth-order valence-corrected chi connectivity index (χ4v) is 0.818. The van der Waals surface area contributed by atoms with Crippen LogP contribution in [0.15, 0.2) is 12.3 Å². The second kappa shape index (κ2) is 4.42. The summed E-state index contributed by atoms with van der Waals surface area (Å²) >= 11 is 0. The van der Waals surface area contributed by atoms with Crippen molar-refractivity contribution in [1.29, 1.82) is 0 Å². The summed E-state index contributed by atoms with van der Waals surface area (Å²) < 4.78 is 0. The fourth-order valence-electron chi connectivity index (χ4n) is 0.818. The highest BCUT2D eigenvalue weighted by Crippen LogP contribution is 1.99. The number of aryl methyl sites for hydroxylation is 1. The number of aromatic amines is 1. The molecule has 13 heavy (non-hydrogen) atoms. The van der Waals surface area contributed by atoms with E-state index in [2.05, 4.69) is 14.9 Å². The number of nitrogens with zero attached hydrogens (tertiary/aromatic N) is 1. The predicted molar refractivity (Wildman–Crippen MR) is 45.7 cm³/mol.